The van der Waals surface area contributed by atoms with Crippen LogP contribution in [0.4, 0.5) is 0 Å². The van der Waals surface area contributed by atoms with Crippen molar-refractivity contribution in [2.24, 2.45) is 0 Å². The normalized spacial score (nSPS) is 5.50. The van der Waals surface area contributed by atoms with Gasteiger partial charge in [0.2, 0.25) is 0 Å². The molecule has 0 aromatic carbocycles. The summed E-state index contributed by atoms with van der Waals surface area (Å²) in [7, 11) is 0. The molecule has 34 valence electrons. The number of hydrogen-bond donors (Lipinski definition) is 1. The molecule has 0 saturated carbocycles. The Bertz CT molecular complexity index is 44.1. The Hall–Kier alpha value is 0.0543. The van der Waals surface area contributed by atoms with Crippen LogP contribution in [-0.4, -0.2) is 11.1 Å². The summed E-state index contributed by atoms with van der Waals surface area (Å²) in [6.45, 7) is 1.47. The molecule has 0 aliphatic carbocycles. The van der Waals surface area contributed by atoms with Gasteiger partial charge in [0.15, 0.2) is 5.97 Å². The van der Waals surface area contributed by atoms with Gasteiger partial charge < -0.3 is 5.11 Å². The molecule has 0 heterocycles. The van der Waals surface area contributed by atoms with Crippen LogP contribution in [0.5, 0.6) is 0 Å². The molecular formula is C3H5O2Ti-. The van der Waals surface area contributed by atoms with E-state index in [1.54, 1.807) is 0 Å². The van der Waals surface area contributed by atoms with Gasteiger partial charge in [-0.05, 0) is 0 Å². The number of carboxylic acid groups (broad SMARTS) is 1. The van der Waals surface area contributed by atoms with Gasteiger partial charge in [0, 0.05) is 21.7 Å². The molecular weight excluding hydrogens is 116 g/mol. The van der Waals surface area contributed by atoms with E-state index in [4.69, 9.17) is 5.11 Å². The van der Waals surface area contributed by atoms with Gasteiger partial charge in [-0.2, -0.15) is 6.92 Å². The molecule has 0 saturated heterocycles. The standard InChI is InChI=1S/C3H5O2.Ti/c1-2-3(4)5;/h2H,1H3,(H,4,5);/q-1;. The molecule has 0 spiro atoms. The van der Waals surface area contributed by atoms with Crippen LogP contribution in [0.3, 0.4) is 0 Å². The van der Waals surface area contributed by atoms with Gasteiger partial charge in [-0.25, -0.2) is 0 Å². The third-order valence-electron chi connectivity index (χ3n) is 0.247. The first kappa shape index (κ1) is 9.41. The van der Waals surface area contributed by atoms with Crippen molar-refractivity contribution in [3.05, 3.63) is 6.42 Å². The second kappa shape index (κ2) is 5.05. The Morgan fingerprint density at radius 2 is 2.00 bits per heavy atom. The van der Waals surface area contributed by atoms with Gasteiger partial charge in [0.05, 0.1) is 0 Å². The molecule has 0 radical (unpaired) electrons. The monoisotopic (exact) mass is 121 g/mol. The molecule has 3 heteroatoms. The number of carbonyl (C=O) groups is 1. The number of carboxylic acids is 1. The van der Waals surface area contributed by atoms with Crippen LogP contribution in [0.1, 0.15) is 6.92 Å². The summed E-state index contributed by atoms with van der Waals surface area (Å²) in [4.78, 5) is 9.31. The fourth-order valence-electron chi connectivity index (χ4n) is 0. The molecule has 0 aliphatic heterocycles. The fraction of sp³-hybridized carbons (Fsp3) is 0.333. The number of aliphatic carboxylic acids is 1. The quantitative estimate of drug-likeness (QED) is 0.400. The zero-order valence-corrected chi connectivity index (χ0v) is 4.99. The molecule has 0 unspecified atom stereocenters. The topological polar surface area (TPSA) is 37.3 Å². The van der Waals surface area contributed by atoms with Gasteiger partial charge in [-0.3, -0.25) is 11.2 Å². The van der Waals surface area contributed by atoms with Crippen molar-refractivity contribution < 1.29 is 31.6 Å². The van der Waals surface area contributed by atoms with Crippen LogP contribution in [0.25, 0.3) is 0 Å². The minimum atomic E-state index is -0.870. The van der Waals surface area contributed by atoms with Crippen molar-refractivity contribution in [2.45, 2.75) is 6.92 Å². The van der Waals surface area contributed by atoms with E-state index >= 15 is 0 Å². The van der Waals surface area contributed by atoms with Gasteiger partial charge in [0.1, 0.15) is 0 Å². The molecule has 0 aromatic rings. The van der Waals surface area contributed by atoms with E-state index in [2.05, 4.69) is 0 Å². The Morgan fingerprint density at radius 1 is 1.83 bits per heavy atom. The summed E-state index contributed by atoms with van der Waals surface area (Å²) in [5.74, 6) is -0.870. The summed E-state index contributed by atoms with van der Waals surface area (Å²) < 4.78 is 0. The third-order valence-corrected chi connectivity index (χ3v) is 0.247. The zero-order chi connectivity index (χ0) is 4.28. The summed E-state index contributed by atoms with van der Waals surface area (Å²) in [5.41, 5.74) is 0. The molecule has 0 aliphatic rings. The third kappa shape index (κ3) is 8.96. The van der Waals surface area contributed by atoms with E-state index in [1.807, 2.05) is 0 Å². The van der Waals surface area contributed by atoms with Crippen molar-refractivity contribution in [1.29, 1.82) is 0 Å². The number of hydrogen-bond acceptors (Lipinski definition) is 1. The zero-order valence-electron chi connectivity index (χ0n) is 3.43. The second-order valence-corrected chi connectivity index (χ2v) is 0.627. The van der Waals surface area contributed by atoms with Gasteiger partial charge in [0.25, 0.3) is 0 Å². The predicted octanol–water partition coefficient (Wildman–Crippen LogP) is 0.293. The van der Waals surface area contributed by atoms with E-state index in [9.17, 15) is 4.79 Å². The maximum atomic E-state index is 9.31. The van der Waals surface area contributed by atoms with E-state index in [0.717, 1.165) is 6.42 Å². The Labute approximate surface area is 51.4 Å². The minimum absolute atomic E-state index is 0. The van der Waals surface area contributed by atoms with Crippen molar-refractivity contribution in [1.82, 2.24) is 0 Å². The van der Waals surface area contributed by atoms with Crippen molar-refractivity contribution in [2.75, 3.05) is 0 Å². The molecule has 0 fully saturated rings. The van der Waals surface area contributed by atoms with Crippen LogP contribution in [0, 0.1) is 6.42 Å². The molecule has 2 nitrogen and oxygen atoms in total. The summed E-state index contributed by atoms with van der Waals surface area (Å²) >= 11 is 0. The summed E-state index contributed by atoms with van der Waals surface area (Å²) in [6.07, 6.45) is 1.08. The molecule has 0 amide bonds. The van der Waals surface area contributed by atoms with E-state index in [-0.39, 0.29) is 21.7 Å². The SMILES string of the molecule is C[CH-]C(=O)O.[Ti]. The Kier molecular flexibility index (Phi) is 7.93. The average Bonchev–Trinajstić information content (AvgIpc) is 1.38. The maximum Gasteiger partial charge on any atom is 0.163 e. The van der Waals surface area contributed by atoms with E-state index in [1.165, 1.54) is 6.92 Å². The van der Waals surface area contributed by atoms with Crippen molar-refractivity contribution >= 4 is 5.97 Å². The van der Waals surface area contributed by atoms with Gasteiger partial charge in [-0.15, -0.1) is 0 Å². The predicted molar refractivity (Wildman–Crippen MR) is 17.6 cm³/mol. The molecule has 1 N–H and O–H groups in total. The van der Waals surface area contributed by atoms with Gasteiger partial charge >= 0.3 is 0 Å². The van der Waals surface area contributed by atoms with E-state index < -0.39 is 5.97 Å². The number of rotatable bonds is 1. The maximum absolute atomic E-state index is 9.31. The van der Waals surface area contributed by atoms with Crippen LogP contribution >= 0.6 is 0 Å². The smallest absolute Gasteiger partial charge is 0.163 e. The summed E-state index contributed by atoms with van der Waals surface area (Å²) in [6, 6.07) is 0. The molecule has 0 atom stereocenters. The van der Waals surface area contributed by atoms with Crippen LogP contribution in [0.15, 0.2) is 0 Å². The van der Waals surface area contributed by atoms with Crippen molar-refractivity contribution in [3.8, 4) is 0 Å². The molecule has 6 heavy (non-hydrogen) atoms. The van der Waals surface area contributed by atoms with Crippen LogP contribution in [0.2, 0.25) is 0 Å². The largest absolute Gasteiger partial charge is 0.503 e. The minimum Gasteiger partial charge on any atom is -0.503 e. The van der Waals surface area contributed by atoms with Crippen molar-refractivity contribution in [3.63, 3.8) is 0 Å². The second-order valence-electron chi connectivity index (χ2n) is 0.627. The van der Waals surface area contributed by atoms with Crippen LogP contribution < -0.4 is 0 Å². The fourth-order valence-corrected chi connectivity index (χ4v) is 0. The first-order valence-corrected chi connectivity index (χ1v) is 1.29. The first-order valence-electron chi connectivity index (χ1n) is 1.29. The molecule has 0 rings (SSSR count). The Morgan fingerprint density at radius 3 is 2.00 bits per heavy atom. The van der Waals surface area contributed by atoms with E-state index in [0.29, 0.717) is 0 Å². The molecule has 0 aromatic heterocycles. The summed E-state index contributed by atoms with van der Waals surface area (Å²) in [5, 5.41) is 7.67. The van der Waals surface area contributed by atoms with Gasteiger partial charge in [-0.1, -0.05) is 0 Å². The first-order chi connectivity index (χ1) is 2.27. The Balaban J connectivity index is 0. The molecule has 0 bridgehead atoms. The average molecular weight is 121 g/mol. The van der Waals surface area contributed by atoms with Crippen LogP contribution in [-0.2, 0) is 26.5 Å².